The van der Waals surface area contributed by atoms with Gasteiger partial charge in [0.25, 0.3) is 0 Å². The van der Waals surface area contributed by atoms with Crippen molar-refractivity contribution in [3.8, 4) is 0 Å². The van der Waals surface area contributed by atoms with Gasteiger partial charge in [-0.2, -0.15) is 0 Å². The molecule has 1 atom stereocenters. The fourth-order valence-corrected chi connectivity index (χ4v) is 3.12. The van der Waals surface area contributed by atoms with Crippen LogP contribution in [0.2, 0.25) is 0 Å². The van der Waals surface area contributed by atoms with Crippen LogP contribution in [0.5, 0.6) is 0 Å². The second-order valence-electron chi connectivity index (χ2n) is 6.58. The van der Waals surface area contributed by atoms with Crippen molar-refractivity contribution in [2.24, 2.45) is 0 Å². The number of carbonyl (C=O) groups excluding carboxylic acids is 1. The molecule has 2 aromatic carbocycles. The Morgan fingerprint density at radius 1 is 1.15 bits per heavy atom. The van der Waals surface area contributed by atoms with Crippen molar-refractivity contribution >= 4 is 5.97 Å². The maximum atomic E-state index is 13.5. The lowest BCUT2D eigenvalue weighted by Gasteiger charge is -2.24. The van der Waals surface area contributed by atoms with Gasteiger partial charge < -0.3 is 9.47 Å². The predicted molar refractivity (Wildman–Crippen MR) is 96.9 cm³/mol. The van der Waals surface area contributed by atoms with E-state index in [1.54, 1.807) is 6.07 Å². The summed E-state index contributed by atoms with van der Waals surface area (Å²) in [5, 5.41) is 0. The number of hydrogen-bond donors (Lipinski definition) is 0. The van der Waals surface area contributed by atoms with E-state index >= 15 is 0 Å². The third-order valence-electron chi connectivity index (χ3n) is 4.38. The van der Waals surface area contributed by atoms with Gasteiger partial charge in [-0.1, -0.05) is 42.5 Å². The molecule has 0 aromatic heterocycles. The van der Waals surface area contributed by atoms with Crippen molar-refractivity contribution < 1.29 is 18.7 Å². The number of nitrogens with zero attached hydrogens (tertiary/aromatic N) is 1. The number of carbonyl (C=O) groups is 1. The second kappa shape index (κ2) is 9.46. The van der Waals surface area contributed by atoms with Crippen molar-refractivity contribution in [3.63, 3.8) is 0 Å². The third kappa shape index (κ3) is 5.93. The van der Waals surface area contributed by atoms with E-state index in [-0.39, 0.29) is 31.0 Å². The molecule has 1 aliphatic heterocycles. The van der Waals surface area contributed by atoms with Gasteiger partial charge >= 0.3 is 5.97 Å². The standard InChI is InChI=1S/C21H24FNO3/c22-19-9-4-8-18(12-19)13-23(14-20-10-5-11-25-20)15-21(24)26-16-17-6-2-1-3-7-17/h1-4,6-9,12,20H,5,10-11,13-16H2. The number of esters is 1. The fourth-order valence-electron chi connectivity index (χ4n) is 3.12. The third-order valence-corrected chi connectivity index (χ3v) is 4.38. The van der Waals surface area contributed by atoms with Gasteiger partial charge in [-0.25, -0.2) is 4.39 Å². The highest BCUT2D eigenvalue weighted by Gasteiger charge is 2.21. The van der Waals surface area contributed by atoms with Gasteiger partial charge in [0, 0.05) is 19.7 Å². The highest BCUT2D eigenvalue weighted by molar-refractivity contribution is 5.71. The summed E-state index contributed by atoms with van der Waals surface area (Å²) in [6.07, 6.45) is 2.14. The Bertz CT molecular complexity index is 701. The normalized spacial score (nSPS) is 16.8. The largest absolute Gasteiger partial charge is 0.460 e. The molecule has 0 aliphatic carbocycles. The monoisotopic (exact) mass is 357 g/mol. The maximum Gasteiger partial charge on any atom is 0.320 e. The summed E-state index contributed by atoms with van der Waals surface area (Å²) in [4.78, 5) is 14.2. The molecule has 5 heteroatoms. The van der Waals surface area contributed by atoms with Crippen LogP contribution in [-0.2, 0) is 27.4 Å². The van der Waals surface area contributed by atoms with Crippen LogP contribution in [0, 0.1) is 5.82 Å². The number of benzene rings is 2. The van der Waals surface area contributed by atoms with Gasteiger partial charge in [0.15, 0.2) is 0 Å². The van der Waals surface area contributed by atoms with Gasteiger partial charge in [0.1, 0.15) is 12.4 Å². The summed E-state index contributed by atoms with van der Waals surface area (Å²) in [7, 11) is 0. The SMILES string of the molecule is O=C(CN(Cc1cccc(F)c1)CC1CCCO1)OCc1ccccc1. The summed E-state index contributed by atoms with van der Waals surface area (Å²) in [5.74, 6) is -0.561. The minimum absolute atomic E-state index is 0.116. The predicted octanol–water partition coefficient (Wildman–Crippen LogP) is 3.55. The molecule has 0 bridgehead atoms. The summed E-state index contributed by atoms with van der Waals surface area (Å²) in [5.41, 5.74) is 1.79. The molecule has 26 heavy (non-hydrogen) atoms. The minimum Gasteiger partial charge on any atom is -0.460 e. The lowest BCUT2D eigenvalue weighted by atomic mass is 10.1. The number of halogens is 1. The molecule has 0 N–H and O–H groups in total. The minimum atomic E-state index is -0.289. The molecule has 3 rings (SSSR count). The molecule has 1 heterocycles. The first-order chi connectivity index (χ1) is 12.7. The van der Waals surface area contributed by atoms with Gasteiger partial charge in [0.2, 0.25) is 0 Å². The maximum absolute atomic E-state index is 13.5. The van der Waals surface area contributed by atoms with E-state index in [4.69, 9.17) is 9.47 Å². The zero-order valence-electron chi connectivity index (χ0n) is 14.8. The first-order valence-corrected chi connectivity index (χ1v) is 8.97. The van der Waals surface area contributed by atoms with Crippen molar-refractivity contribution in [1.82, 2.24) is 4.90 Å². The average Bonchev–Trinajstić information content (AvgIpc) is 3.14. The molecule has 0 radical (unpaired) electrons. The van der Waals surface area contributed by atoms with Crippen molar-refractivity contribution in [2.45, 2.75) is 32.1 Å². The smallest absolute Gasteiger partial charge is 0.320 e. The average molecular weight is 357 g/mol. The lowest BCUT2D eigenvalue weighted by Crippen LogP contribution is -2.36. The molecule has 1 unspecified atom stereocenters. The highest BCUT2D eigenvalue weighted by atomic mass is 19.1. The van der Waals surface area contributed by atoms with Crippen LogP contribution in [0.25, 0.3) is 0 Å². The van der Waals surface area contributed by atoms with Crippen LogP contribution in [0.1, 0.15) is 24.0 Å². The molecule has 0 spiro atoms. The van der Waals surface area contributed by atoms with Crippen molar-refractivity contribution in [1.29, 1.82) is 0 Å². The summed E-state index contributed by atoms with van der Waals surface area (Å²) < 4.78 is 24.5. The van der Waals surface area contributed by atoms with Crippen LogP contribution in [-0.4, -0.2) is 36.7 Å². The fraction of sp³-hybridized carbons (Fsp3) is 0.381. The van der Waals surface area contributed by atoms with E-state index in [9.17, 15) is 9.18 Å². The molecule has 1 saturated heterocycles. The molecular weight excluding hydrogens is 333 g/mol. The van der Waals surface area contributed by atoms with Gasteiger partial charge in [0.05, 0.1) is 12.6 Å². The van der Waals surface area contributed by atoms with E-state index in [2.05, 4.69) is 0 Å². The van der Waals surface area contributed by atoms with Crippen molar-refractivity contribution in [2.75, 3.05) is 19.7 Å². The number of rotatable bonds is 8. The Balaban J connectivity index is 1.57. The Hall–Kier alpha value is -2.24. The van der Waals surface area contributed by atoms with E-state index in [1.807, 2.05) is 41.3 Å². The Labute approximate surface area is 153 Å². The highest BCUT2D eigenvalue weighted by Crippen LogP contribution is 2.16. The van der Waals surface area contributed by atoms with Gasteiger partial charge in [-0.05, 0) is 36.1 Å². The van der Waals surface area contributed by atoms with Crippen molar-refractivity contribution in [3.05, 3.63) is 71.5 Å². The zero-order valence-corrected chi connectivity index (χ0v) is 14.8. The molecule has 1 fully saturated rings. The second-order valence-corrected chi connectivity index (χ2v) is 6.58. The Morgan fingerprint density at radius 3 is 2.69 bits per heavy atom. The Kier molecular flexibility index (Phi) is 6.75. The molecule has 4 nitrogen and oxygen atoms in total. The quantitative estimate of drug-likeness (QED) is 0.678. The first kappa shape index (κ1) is 18.5. The molecular formula is C21H24FNO3. The first-order valence-electron chi connectivity index (χ1n) is 8.97. The summed E-state index contributed by atoms with van der Waals surface area (Å²) in [6, 6.07) is 16.1. The number of ether oxygens (including phenoxy) is 2. The Morgan fingerprint density at radius 2 is 1.96 bits per heavy atom. The van der Waals surface area contributed by atoms with Gasteiger partial charge in [-0.15, -0.1) is 0 Å². The van der Waals surface area contributed by atoms with Crippen LogP contribution in [0.4, 0.5) is 4.39 Å². The van der Waals surface area contributed by atoms with E-state index < -0.39 is 0 Å². The molecule has 138 valence electrons. The van der Waals surface area contributed by atoms with E-state index in [1.165, 1.54) is 12.1 Å². The van der Waals surface area contributed by atoms with E-state index in [0.717, 1.165) is 30.6 Å². The zero-order chi connectivity index (χ0) is 18.2. The molecule has 1 aliphatic rings. The van der Waals surface area contributed by atoms with Gasteiger partial charge in [-0.3, -0.25) is 9.69 Å². The summed E-state index contributed by atoms with van der Waals surface area (Å²) in [6.45, 7) is 2.29. The van der Waals surface area contributed by atoms with Crippen LogP contribution in [0.3, 0.4) is 0 Å². The number of hydrogen-bond acceptors (Lipinski definition) is 4. The van der Waals surface area contributed by atoms with Crippen LogP contribution >= 0.6 is 0 Å². The summed E-state index contributed by atoms with van der Waals surface area (Å²) >= 11 is 0. The van der Waals surface area contributed by atoms with E-state index in [0.29, 0.717) is 13.1 Å². The topological polar surface area (TPSA) is 38.8 Å². The molecule has 0 amide bonds. The van der Waals surface area contributed by atoms with Crippen LogP contribution < -0.4 is 0 Å². The molecule has 0 saturated carbocycles. The molecule has 2 aromatic rings. The van der Waals surface area contributed by atoms with Crippen LogP contribution in [0.15, 0.2) is 54.6 Å². The lowest BCUT2D eigenvalue weighted by molar-refractivity contribution is -0.146.